The van der Waals surface area contributed by atoms with Crippen molar-refractivity contribution in [3.8, 4) is 0 Å². The van der Waals surface area contributed by atoms with Gasteiger partial charge in [0, 0.05) is 40.8 Å². The van der Waals surface area contributed by atoms with Gasteiger partial charge in [0.25, 0.3) is 11.2 Å². The molecule has 4 atom stereocenters. The first-order valence-electron chi connectivity index (χ1n) is 9.95. The lowest BCUT2D eigenvalue weighted by Crippen LogP contribution is -2.33. The Kier molecular flexibility index (Phi) is 7.51. The maximum absolute atomic E-state index is 12.0. The van der Waals surface area contributed by atoms with Gasteiger partial charge >= 0.3 is 11.8 Å². The van der Waals surface area contributed by atoms with Gasteiger partial charge in [0.2, 0.25) is 0 Å². The molecule has 2 N–H and O–H groups in total. The third-order valence-corrected chi connectivity index (χ3v) is 5.43. The maximum Gasteiger partial charge on any atom is 0.508 e. The van der Waals surface area contributed by atoms with Gasteiger partial charge in [-0.3, -0.25) is 24.5 Å². The van der Waals surface area contributed by atoms with E-state index in [0.29, 0.717) is 16.1 Å². The second-order valence-electron chi connectivity index (χ2n) is 7.64. The molecule has 12 nitrogen and oxygen atoms in total. The summed E-state index contributed by atoms with van der Waals surface area (Å²) in [7, 11) is 0. The van der Waals surface area contributed by atoms with Gasteiger partial charge in [-0.05, 0) is 19.1 Å². The van der Waals surface area contributed by atoms with Crippen LogP contribution in [0.15, 0.2) is 34.0 Å². The van der Waals surface area contributed by atoms with E-state index in [1.807, 2.05) is 0 Å². The number of nitro groups is 1. The molecule has 1 fully saturated rings. The fraction of sp³-hybridized carbons (Fsp3) is 0.450. The van der Waals surface area contributed by atoms with Crippen molar-refractivity contribution in [3.63, 3.8) is 0 Å². The fourth-order valence-corrected chi connectivity index (χ4v) is 3.58. The topological polar surface area (TPSA) is 163 Å². The number of halogens is 1. The molecule has 0 radical (unpaired) electrons. The molecule has 2 aromatic rings. The summed E-state index contributed by atoms with van der Waals surface area (Å²) in [6.45, 7) is 2.60. The zero-order chi connectivity index (χ0) is 24.3. The summed E-state index contributed by atoms with van der Waals surface area (Å²) in [4.78, 5) is 48.3. The molecule has 33 heavy (non-hydrogen) atoms. The monoisotopic (exact) mass is 483 g/mol. The fourth-order valence-electron chi connectivity index (χ4n) is 3.40. The van der Waals surface area contributed by atoms with Crippen LogP contribution in [0.2, 0.25) is 5.02 Å². The lowest BCUT2D eigenvalue weighted by atomic mass is 10.0. The van der Waals surface area contributed by atoms with E-state index in [4.69, 9.17) is 25.8 Å². The summed E-state index contributed by atoms with van der Waals surface area (Å²) in [5, 5.41) is 21.7. The largest absolute Gasteiger partial charge is 0.508 e. The van der Waals surface area contributed by atoms with Gasteiger partial charge in [0.1, 0.15) is 25.5 Å². The molecule has 2 heterocycles. The second-order valence-corrected chi connectivity index (χ2v) is 8.08. The molecule has 1 saturated heterocycles. The maximum atomic E-state index is 12.0. The summed E-state index contributed by atoms with van der Waals surface area (Å²) in [6, 6.07) is 4.10. The lowest BCUT2D eigenvalue weighted by molar-refractivity contribution is -0.385. The standard InChI is InChI=1S/C20H22ClN3O9/c1-10-7-23(19(27)22-18(10)26)17-6-15(25)16(33-17)9-32-20(28)31-8-11(2)13-5-12(21)3-4-14(13)24(29)30/h3-5,7,11,15-17,25H,6,8-9H2,1-2H3,(H,22,26,27)/t11?,15-,16+,17+/m0/s1. The number of nitrogens with one attached hydrogen (secondary N) is 1. The van der Waals surface area contributed by atoms with E-state index in [-0.39, 0.29) is 25.3 Å². The molecule has 0 saturated carbocycles. The molecule has 0 spiro atoms. The van der Waals surface area contributed by atoms with Gasteiger partial charge in [-0.15, -0.1) is 0 Å². The van der Waals surface area contributed by atoms with Gasteiger partial charge in [-0.1, -0.05) is 18.5 Å². The number of carbonyl (C=O) groups excluding carboxylic acids is 1. The van der Waals surface area contributed by atoms with E-state index < -0.39 is 46.7 Å². The zero-order valence-electron chi connectivity index (χ0n) is 17.7. The number of hydrogen-bond donors (Lipinski definition) is 2. The van der Waals surface area contributed by atoms with Crippen LogP contribution >= 0.6 is 11.6 Å². The van der Waals surface area contributed by atoms with E-state index in [2.05, 4.69) is 4.98 Å². The molecular weight excluding hydrogens is 462 g/mol. The van der Waals surface area contributed by atoms with Crippen molar-refractivity contribution in [2.75, 3.05) is 13.2 Å². The van der Waals surface area contributed by atoms with Crippen LogP contribution < -0.4 is 11.2 Å². The molecule has 1 aromatic heterocycles. The molecule has 1 unspecified atom stereocenters. The number of aromatic amines is 1. The predicted octanol–water partition coefficient (Wildman–Crippen LogP) is 2.01. The third-order valence-electron chi connectivity index (χ3n) is 5.19. The molecular formula is C20H22ClN3O9. The number of nitro benzene ring substituents is 1. The zero-order valence-corrected chi connectivity index (χ0v) is 18.5. The van der Waals surface area contributed by atoms with Gasteiger partial charge in [-0.2, -0.15) is 0 Å². The van der Waals surface area contributed by atoms with Crippen LogP contribution in [0.5, 0.6) is 0 Å². The average Bonchev–Trinajstić information content (AvgIpc) is 3.12. The first-order chi connectivity index (χ1) is 15.6. The number of hydrogen-bond acceptors (Lipinski definition) is 9. The smallest absolute Gasteiger partial charge is 0.434 e. The molecule has 0 aliphatic carbocycles. The van der Waals surface area contributed by atoms with Crippen molar-refractivity contribution in [1.82, 2.24) is 9.55 Å². The number of aromatic nitrogens is 2. The van der Waals surface area contributed by atoms with E-state index in [0.717, 1.165) is 4.57 Å². The minimum absolute atomic E-state index is 0.0456. The van der Waals surface area contributed by atoms with Crippen LogP contribution in [0.25, 0.3) is 0 Å². The van der Waals surface area contributed by atoms with E-state index in [1.165, 1.54) is 31.3 Å². The Morgan fingerprint density at radius 3 is 2.85 bits per heavy atom. The Labute approximate surface area is 191 Å². The number of aryl methyl sites for hydroxylation is 1. The van der Waals surface area contributed by atoms with Crippen molar-refractivity contribution in [2.24, 2.45) is 0 Å². The molecule has 1 aliphatic heterocycles. The molecule has 3 rings (SSSR count). The Hall–Kier alpha value is -3.22. The number of ether oxygens (including phenoxy) is 3. The first kappa shape index (κ1) is 24.4. The number of aliphatic hydroxyl groups is 1. The molecule has 13 heteroatoms. The van der Waals surface area contributed by atoms with Crippen LogP contribution in [0, 0.1) is 17.0 Å². The minimum atomic E-state index is -1.05. The highest BCUT2D eigenvalue weighted by atomic mass is 35.5. The summed E-state index contributed by atoms with van der Waals surface area (Å²) >= 11 is 5.92. The molecule has 178 valence electrons. The van der Waals surface area contributed by atoms with Crippen molar-refractivity contribution >= 4 is 23.4 Å². The minimum Gasteiger partial charge on any atom is -0.434 e. The Bertz CT molecular complexity index is 1160. The molecule has 0 amide bonds. The average molecular weight is 484 g/mol. The van der Waals surface area contributed by atoms with Crippen molar-refractivity contribution in [3.05, 3.63) is 71.5 Å². The summed E-state index contributed by atoms with van der Waals surface area (Å²) in [6.07, 6.45) is -2.49. The summed E-state index contributed by atoms with van der Waals surface area (Å²) in [5.41, 5.74) is -0.753. The van der Waals surface area contributed by atoms with Gasteiger partial charge in [-0.25, -0.2) is 9.59 Å². The Morgan fingerprint density at radius 2 is 2.15 bits per heavy atom. The molecule has 1 aliphatic rings. The quantitative estimate of drug-likeness (QED) is 0.340. The number of nitrogens with zero attached hydrogens (tertiary/aromatic N) is 2. The number of aliphatic hydroxyl groups excluding tert-OH is 1. The van der Waals surface area contributed by atoms with Crippen molar-refractivity contribution < 1.29 is 29.0 Å². The number of rotatable bonds is 7. The SMILES string of the molecule is Cc1cn([C@H]2C[C@H](O)[C@@H](COC(=O)OCC(C)c3cc(Cl)ccc3[N+](=O)[O-])O2)c(=O)[nH]c1=O. The van der Waals surface area contributed by atoms with Crippen LogP contribution in [0.1, 0.15) is 36.6 Å². The van der Waals surface area contributed by atoms with Crippen LogP contribution in [0.3, 0.4) is 0 Å². The summed E-state index contributed by atoms with van der Waals surface area (Å²) < 4.78 is 16.8. The Balaban J connectivity index is 1.54. The van der Waals surface area contributed by atoms with E-state index in [9.17, 15) is 29.6 Å². The normalized spacial score (nSPS) is 20.9. The third kappa shape index (κ3) is 5.78. The van der Waals surface area contributed by atoms with Gasteiger partial charge < -0.3 is 19.3 Å². The van der Waals surface area contributed by atoms with Crippen LogP contribution in [0.4, 0.5) is 10.5 Å². The predicted molar refractivity (Wildman–Crippen MR) is 114 cm³/mol. The highest BCUT2D eigenvalue weighted by Crippen LogP contribution is 2.30. The van der Waals surface area contributed by atoms with Gasteiger partial charge in [0.05, 0.1) is 11.0 Å². The van der Waals surface area contributed by atoms with Gasteiger partial charge in [0.15, 0.2) is 0 Å². The molecule has 0 bridgehead atoms. The molecule has 1 aromatic carbocycles. The van der Waals surface area contributed by atoms with Crippen LogP contribution in [-0.2, 0) is 14.2 Å². The second kappa shape index (κ2) is 10.1. The number of carbonyl (C=O) groups is 1. The highest BCUT2D eigenvalue weighted by molar-refractivity contribution is 6.30. The summed E-state index contributed by atoms with van der Waals surface area (Å²) in [5.74, 6) is -0.537. The number of H-pyrrole nitrogens is 1. The van der Waals surface area contributed by atoms with Crippen molar-refractivity contribution in [1.29, 1.82) is 0 Å². The highest BCUT2D eigenvalue weighted by Gasteiger charge is 2.36. The van der Waals surface area contributed by atoms with E-state index >= 15 is 0 Å². The lowest BCUT2D eigenvalue weighted by Gasteiger charge is -2.17. The van der Waals surface area contributed by atoms with Crippen molar-refractivity contribution in [2.45, 2.75) is 44.6 Å². The Morgan fingerprint density at radius 1 is 1.42 bits per heavy atom. The first-order valence-corrected chi connectivity index (χ1v) is 10.3. The van der Waals surface area contributed by atoms with E-state index in [1.54, 1.807) is 6.92 Å². The van der Waals surface area contributed by atoms with Crippen LogP contribution in [-0.4, -0.2) is 51.2 Å². The number of benzene rings is 1.